The molecule has 0 unspecified atom stereocenters. The average molecular weight is 325 g/mol. The highest BCUT2D eigenvalue weighted by atomic mass is 35.5. The number of halogens is 1. The first-order chi connectivity index (χ1) is 11.3. The molecule has 1 fully saturated rings. The minimum atomic E-state index is 0.128. The summed E-state index contributed by atoms with van der Waals surface area (Å²) in [5.41, 5.74) is 4.83. The van der Waals surface area contributed by atoms with E-state index in [2.05, 4.69) is 46.8 Å². The van der Waals surface area contributed by atoms with E-state index in [-0.39, 0.29) is 12.1 Å². The molecule has 116 valence electrons. The minimum absolute atomic E-state index is 0.128. The zero-order valence-electron chi connectivity index (χ0n) is 12.6. The summed E-state index contributed by atoms with van der Waals surface area (Å²) in [7, 11) is 0. The Morgan fingerprint density at radius 2 is 2.00 bits per heavy atom. The molecule has 0 radical (unpaired) electrons. The number of anilines is 1. The molecule has 0 amide bonds. The molecule has 1 saturated heterocycles. The highest BCUT2D eigenvalue weighted by molar-refractivity contribution is 6.30. The van der Waals surface area contributed by atoms with Gasteiger partial charge in [-0.05, 0) is 36.2 Å². The van der Waals surface area contributed by atoms with E-state index in [0.29, 0.717) is 5.92 Å². The summed E-state index contributed by atoms with van der Waals surface area (Å²) in [5.74, 6) is 0.431. The van der Waals surface area contributed by atoms with Gasteiger partial charge in [0.15, 0.2) is 0 Å². The van der Waals surface area contributed by atoms with E-state index in [1.807, 2.05) is 12.1 Å². The molecule has 3 aromatic rings. The molecule has 4 heteroatoms. The minimum Gasteiger partial charge on any atom is -0.377 e. The standard InChI is InChI=1S/C19H17ClN2O/c20-11-5-6-17-14(9-11)19-13(7-8-23-19)18(22-17)15-10-21-16-4-2-1-3-12(15)16/h1-6,9-10,13,18-19,21-22H,7-8H2/t13-,18-,19-/m0/s1. The highest BCUT2D eigenvalue weighted by Gasteiger charge is 2.42. The summed E-state index contributed by atoms with van der Waals surface area (Å²) in [6, 6.07) is 14.8. The predicted octanol–water partition coefficient (Wildman–Crippen LogP) is 5.07. The van der Waals surface area contributed by atoms with Crippen LogP contribution in [0.4, 0.5) is 5.69 Å². The van der Waals surface area contributed by atoms with Crippen LogP contribution in [0, 0.1) is 5.92 Å². The van der Waals surface area contributed by atoms with Crippen molar-refractivity contribution in [1.29, 1.82) is 0 Å². The number of hydrogen-bond acceptors (Lipinski definition) is 2. The molecule has 23 heavy (non-hydrogen) atoms. The molecule has 3 atom stereocenters. The first-order valence-corrected chi connectivity index (χ1v) is 8.42. The van der Waals surface area contributed by atoms with E-state index in [4.69, 9.17) is 16.3 Å². The van der Waals surface area contributed by atoms with Crippen molar-refractivity contribution in [2.45, 2.75) is 18.6 Å². The van der Waals surface area contributed by atoms with Gasteiger partial charge >= 0.3 is 0 Å². The molecule has 0 bridgehead atoms. The van der Waals surface area contributed by atoms with Crippen LogP contribution in [0.5, 0.6) is 0 Å². The molecular formula is C19H17ClN2O. The number of benzene rings is 2. The highest BCUT2D eigenvalue weighted by Crippen LogP contribution is 2.51. The molecule has 2 aliphatic rings. The number of ether oxygens (including phenoxy) is 1. The van der Waals surface area contributed by atoms with E-state index in [9.17, 15) is 0 Å². The van der Waals surface area contributed by atoms with E-state index in [0.717, 1.165) is 23.7 Å². The van der Waals surface area contributed by atoms with E-state index >= 15 is 0 Å². The quantitative estimate of drug-likeness (QED) is 0.656. The molecule has 2 aliphatic heterocycles. The lowest BCUT2D eigenvalue weighted by atomic mass is 9.81. The Hall–Kier alpha value is -1.97. The molecule has 5 rings (SSSR count). The van der Waals surface area contributed by atoms with Crippen LogP contribution in [0.3, 0.4) is 0 Å². The lowest BCUT2D eigenvalue weighted by Gasteiger charge is -2.36. The number of H-pyrrole nitrogens is 1. The van der Waals surface area contributed by atoms with Crippen molar-refractivity contribution in [3.8, 4) is 0 Å². The Bertz CT molecular complexity index is 888. The van der Waals surface area contributed by atoms with Gasteiger partial charge in [-0.25, -0.2) is 0 Å². The summed E-state index contributed by atoms with van der Waals surface area (Å²) >= 11 is 6.19. The van der Waals surface area contributed by atoms with Gasteiger partial charge in [0.2, 0.25) is 0 Å². The fourth-order valence-corrected chi connectivity index (χ4v) is 4.28. The Balaban J connectivity index is 1.65. The second-order valence-electron chi connectivity index (χ2n) is 6.39. The van der Waals surface area contributed by atoms with Gasteiger partial charge in [0.05, 0.1) is 12.1 Å². The topological polar surface area (TPSA) is 37.0 Å². The summed E-state index contributed by atoms with van der Waals surface area (Å²) in [6.45, 7) is 0.807. The van der Waals surface area contributed by atoms with Gasteiger partial charge in [-0.2, -0.15) is 0 Å². The van der Waals surface area contributed by atoms with Crippen molar-refractivity contribution in [1.82, 2.24) is 4.98 Å². The lowest BCUT2D eigenvalue weighted by Crippen LogP contribution is -2.29. The van der Waals surface area contributed by atoms with Crippen LogP contribution >= 0.6 is 11.6 Å². The van der Waals surface area contributed by atoms with E-state index < -0.39 is 0 Å². The van der Waals surface area contributed by atoms with Gasteiger partial charge in [0.1, 0.15) is 0 Å². The molecule has 2 aromatic carbocycles. The molecule has 0 spiro atoms. The fraction of sp³-hybridized carbons (Fsp3) is 0.263. The van der Waals surface area contributed by atoms with Crippen molar-refractivity contribution in [3.05, 3.63) is 64.8 Å². The Morgan fingerprint density at radius 1 is 1.09 bits per heavy atom. The Kier molecular flexibility index (Phi) is 2.94. The van der Waals surface area contributed by atoms with Gasteiger partial charge in [0.25, 0.3) is 0 Å². The van der Waals surface area contributed by atoms with Crippen LogP contribution in [0.2, 0.25) is 5.02 Å². The average Bonchev–Trinajstić information content (AvgIpc) is 3.21. The van der Waals surface area contributed by atoms with E-state index in [1.165, 1.54) is 22.0 Å². The van der Waals surface area contributed by atoms with Gasteiger partial charge in [-0.3, -0.25) is 0 Å². The van der Waals surface area contributed by atoms with Crippen LogP contribution in [0.1, 0.15) is 29.7 Å². The predicted molar refractivity (Wildman–Crippen MR) is 92.9 cm³/mol. The Morgan fingerprint density at radius 3 is 2.96 bits per heavy atom. The molecule has 3 heterocycles. The van der Waals surface area contributed by atoms with Gasteiger partial charge < -0.3 is 15.0 Å². The Labute approximate surface area is 139 Å². The maximum absolute atomic E-state index is 6.19. The maximum Gasteiger partial charge on any atom is 0.0897 e. The van der Waals surface area contributed by atoms with Crippen molar-refractivity contribution in [3.63, 3.8) is 0 Å². The van der Waals surface area contributed by atoms with Crippen molar-refractivity contribution < 1.29 is 4.74 Å². The third-order valence-corrected chi connectivity index (χ3v) is 5.39. The number of fused-ring (bicyclic) bond motifs is 4. The largest absolute Gasteiger partial charge is 0.377 e. The first kappa shape index (κ1) is 13.5. The zero-order chi connectivity index (χ0) is 15.4. The lowest BCUT2D eigenvalue weighted by molar-refractivity contribution is 0.0830. The van der Waals surface area contributed by atoms with Crippen LogP contribution in [-0.4, -0.2) is 11.6 Å². The molecule has 1 aromatic heterocycles. The summed E-state index contributed by atoms with van der Waals surface area (Å²) in [4.78, 5) is 3.40. The fourth-order valence-electron chi connectivity index (χ4n) is 4.10. The second kappa shape index (κ2) is 5.02. The summed E-state index contributed by atoms with van der Waals surface area (Å²) in [5, 5.41) is 5.79. The number of rotatable bonds is 1. The number of aromatic nitrogens is 1. The number of nitrogens with one attached hydrogen (secondary N) is 2. The smallest absolute Gasteiger partial charge is 0.0897 e. The van der Waals surface area contributed by atoms with Crippen LogP contribution in [0.25, 0.3) is 10.9 Å². The first-order valence-electron chi connectivity index (χ1n) is 8.05. The third kappa shape index (κ3) is 2.00. The van der Waals surface area contributed by atoms with Crippen LogP contribution in [0.15, 0.2) is 48.7 Å². The molecule has 2 N–H and O–H groups in total. The summed E-state index contributed by atoms with van der Waals surface area (Å²) in [6.07, 6.45) is 3.33. The van der Waals surface area contributed by atoms with E-state index in [1.54, 1.807) is 0 Å². The third-order valence-electron chi connectivity index (χ3n) is 5.15. The van der Waals surface area contributed by atoms with Gasteiger partial charge in [0, 0.05) is 45.9 Å². The molecular weight excluding hydrogens is 308 g/mol. The van der Waals surface area contributed by atoms with Crippen LogP contribution < -0.4 is 5.32 Å². The SMILES string of the molecule is Clc1ccc2c(c1)[C@H]1OCC[C@H]1[C@@H](c1c[nH]c3ccccc13)N2. The number of aromatic amines is 1. The van der Waals surface area contributed by atoms with Crippen LogP contribution in [-0.2, 0) is 4.74 Å². The second-order valence-corrected chi connectivity index (χ2v) is 6.82. The van der Waals surface area contributed by atoms with Gasteiger partial charge in [-0.1, -0.05) is 29.8 Å². The summed E-state index contributed by atoms with van der Waals surface area (Å²) < 4.78 is 6.07. The van der Waals surface area contributed by atoms with Gasteiger partial charge in [-0.15, -0.1) is 0 Å². The van der Waals surface area contributed by atoms with Crippen molar-refractivity contribution >= 4 is 28.2 Å². The number of hydrogen-bond donors (Lipinski definition) is 2. The zero-order valence-corrected chi connectivity index (χ0v) is 13.3. The molecule has 3 nitrogen and oxygen atoms in total. The molecule has 0 saturated carbocycles. The number of para-hydroxylation sites is 1. The van der Waals surface area contributed by atoms with Crippen molar-refractivity contribution in [2.24, 2.45) is 5.92 Å². The normalized spacial score (nSPS) is 25.9. The maximum atomic E-state index is 6.19. The monoisotopic (exact) mass is 324 g/mol. The molecule has 0 aliphatic carbocycles. The van der Waals surface area contributed by atoms with Crippen molar-refractivity contribution in [2.75, 3.05) is 11.9 Å².